The van der Waals surface area contributed by atoms with Gasteiger partial charge in [0.05, 0.1) is 16.3 Å². The van der Waals surface area contributed by atoms with Crippen LogP contribution in [0.5, 0.6) is 0 Å². The Morgan fingerprint density at radius 1 is 1.92 bits per heavy atom. The van der Waals surface area contributed by atoms with Gasteiger partial charge in [-0.1, -0.05) is 0 Å². The lowest BCUT2D eigenvalue weighted by molar-refractivity contribution is 0.0681. The number of nitrogens with two attached hydrogens (primary N) is 1. The highest BCUT2D eigenvalue weighted by Gasteiger charge is 2.16. The maximum Gasteiger partial charge on any atom is 0.355 e. The van der Waals surface area contributed by atoms with Crippen molar-refractivity contribution in [3.05, 3.63) is 15.5 Å². The number of rotatable bonds is 3. The van der Waals surface area contributed by atoms with Crippen LogP contribution in [-0.4, -0.2) is 26.9 Å². The highest BCUT2D eigenvalue weighted by atomic mass is 127. The quantitative estimate of drug-likeness (QED) is 0.797. The number of hydrogen-bond acceptors (Lipinski definition) is 3. The molecule has 1 heterocycles. The Bertz CT molecular complexity index is 322. The summed E-state index contributed by atoms with van der Waals surface area (Å²) in [7, 11) is 0. The second kappa shape index (κ2) is 4.05. The molecule has 0 saturated carbocycles. The monoisotopic (exact) mass is 295 g/mol. The Labute approximate surface area is 89.1 Å². The number of hydrogen-bond donors (Lipinski definition) is 2. The molecule has 6 heteroatoms. The van der Waals surface area contributed by atoms with Gasteiger partial charge in [0.2, 0.25) is 0 Å². The molecule has 1 aromatic heterocycles. The second-order valence-electron chi connectivity index (χ2n) is 2.81. The highest BCUT2D eigenvalue weighted by Crippen LogP contribution is 2.11. The average molecular weight is 295 g/mol. The topological polar surface area (TPSA) is 81.1 Å². The van der Waals surface area contributed by atoms with Gasteiger partial charge in [0.1, 0.15) is 0 Å². The number of aromatic nitrogens is 2. The molecule has 5 nitrogen and oxygen atoms in total. The third kappa shape index (κ3) is 2.41. The second-order valence-corrected chi connectivity index (χ2v) is 3.97. The van der Waals surface area contributed by atoms with Crippen LogP contribution in [-0.2, 0) is 6.54 Å². The Morgan fingerprint density at radius 3 is 3.00 bits per heavy atom. The van der Waals surface area contributed by atoms with E-state index in [4.69, 9.17) is 10.8 Å². The third-order valence-corrected chi connectivity index (χ3v) is 2.25. The van der Waals surface area contributed by atoms with Crippen molar-refractivity contribution in [3.8, 4) is 0 Å². The van der Waals surface area contributed by atoms with Crippen LogP contribution in [0.2, 0.25) is 0 Å². The van der Waals surface area contributed by atoms with Gasteiger partial charge in [-0.2, -0.15) is 5.10 Å². The van der Waals surface area contributed by atoms with Gasteiger partial charge in [-0.05, 0) is 29.5 Å². The van der Waals surface area contributed by atoms with Gasteiger partial charge in [-0.15, -0.1) is 0 Å². The van der Waals surface area contributed by atoms with Gasteiger partial charge >= 0.3 is 5.97 Å². The SMILES string of the molecule is C[C@@H](N)Cn1ncc(I)c1C(=O)O. The van der Waals surface area contributed by atoms with Crippen LogP contribution >= 0.6 is 22.6 Å². The number of nitrogens with zero attached hydrogens (tertiary/aromatic N) is 2. The van der Waals surface area contributed by atoms with E-state index in [1.54, 1.807) is 6.92 Å². The summed E-state index contributed by atoms with van der Waals surface area (Å²) in [4.78, 5) is 10.8. The molecule has 0 radical (unpaired) electrons. The van der Waals surface area contributed by atoms with Crippen molar-refractivity contribution in [1.29, 1.82) is 0 Å². The van der Waals surface area contributed by atoms with Crippen molar-refractivity contribution >= 4 is 28.6 Å². The molecule has 3 N–H and O–H groups in total. The first-order valence-electron chi connectivity index (χ1n) is 3.72. The first kappa shape index (κ1) is 10.5. The molecule has 72 valence electrons. The molecule has 0 amide bonds. The molecule has 0 fully saturated rings. The summed E-state index contributed by atoms with van der Waals surface area (Å²) in [6.07, 6.45) is 1.52. The Morgan fingerprint density at radius 2 is 2.54 bits per heavy atom. The number of aromatic carboxylic acids is 1. The summed E-state index contributed by atoms with van der Waals surface area (Å²) >= 11 is 1.94. The van der Waals surface area contributed by atoms with Gasteiger partial charge in [0.25, 0.3) is 0 Å². The van der Waals surface area contributed by atoms with E-state index in [-0.39, 0.29) is 11.7 Å². The zero-order chi connectivity index (χ0) is 10.0. The maximum atomic E-state index is 10.8. The van der Waals surface area contributed by atoms with Gasteiger partial charge in [0, 0.05) is 6.04 Å². The fourth-order valence-electron chi connectivity index (χ4n) is 0.986. The molecular weight excluding hydrogens is 285 g/mol. The average Bonchev–Trinajstić information content (AvgIpc) is 2.30. The Kier molecular flexibility index (Phi) is 3.26. The minimum Gasteiger partial charge on any atom is -0.476 e. The smallest absolute Gasteiger partial charge is 0.355 e. The first-order valence-corrected chi connectivity index (χ1v) is 4.80. The highest BCUT2D eigenvalue weighted by molar-refractivity contribution is 14.1. The lowest BCUT2D eigenvalue weighted by Gasteiger charge is -2.06. The van der Waals surface area contributed by atoms with E-state index in [2.05, 4.69) is 5.10 Å². The normalized spacial score (nSPS) is 12.8. The van der Waals surface area contributed by atoms with Crippen molar-refractivity contribution in [1.82, 2.24) is 9.78 Å². The summed E-state index contributed by atoms with van der Waals surface area (Å²) in [6.45, 7) is 2.23. The van der Waals surface area contributed by atoms with E-state index >= 15 is 0 Å². The standard InChI is InChI=1S/C7H10IN3O2/c1-4(9)3-11-6(7(12)13)5(8)2-10-11/h2,4H,3,9H2,1H3,(H,12,13)/t4-/m1/s1. The molecule has 0 unspecified atom stereocenters. The fraction of sp³-hybridized carbons (Fsp3) is 0.429. The molecule has 0 aliphatic carbocycles. The number of halogens is 1. The Balaban J connectivity index is 3.00. The van der Waals surface area contributed by atoms with Gasteiger partial charge in [-0.25, -0.2) is 4.79 Å². The van der Waals surface area contributed by atoms with Crippen LogP contribution in [0.4, 0.5) is 0 Å². The van der Waals surface area contributed by atoms with Crippen LogP contribution < -0.4 is 5.73 Å². The maximum absolute atomic E-state index is 10.8. The Hall–Kier alpha value is -0.630. The van der Waals surface area contributed by atoms with Gasteiger partial charge < -0.3 is 10.8 Å². The molecule has 1 atom stereocenters. The molecule has 0 saturated heterocycles. The molecule has 0 aliphatic heterocycles. The van der Waals surface area contributed by atoms with Gasteiger partial charge in [-0.3, -0.25) is 4.68 Å². The molecule has 0 bridgehead atoms. The van der Waals surface area contributed by atoms with E-state index in [0.29, 0.717) is 10.1 Å². The van der Waals surface area contributed by atoms with Crippen LogP contribution in [0.1, 0.15) is 17.4 Å². The summed E-state index contributed by atoms with van der Waals surface area (Å²) in [5, 5.41) is 12.8. The molecule has 0 aliphatic rings. The van der Waals surface area contributed by atoms with Crippen LogP contribution in [0.3, 0.4) is 0 Å². The predicted molar refractivity (Wildman–Crippen MR) is 55.6 cm³/mol. The van der Waals surface area contributed by atoms with Crippen molar-refractivity contribution in [3.63, 3.8) is 0 Å². The fourth-order valence-corrected chi connectivity index (χ4v) is 1.62. The molecule has 1 aromatic rings. The number of carbonyl (C=O) groups is 1. The van der Waals surface area contributed by atoms with Crippen molar-refractivity contribution < 1.29 is 9.90 Å². The zero-order valence-corrected chi connectivity index (χ0v) is 9.22. The van der Waals surface area contributed by atoms with E-state index in [1.807, 2.05) is 22.6 Å². The van der Waals surface area contributed by atoms with Crippen molar-refractivity contribution in [2.75, 3.05) is 0 Å². The molecule has 0 spiro atoms. The summed E-state index contributed by atoms with van der Waals surface area (Å²) in [5.41, 5.74) is 5.75. The minimum atomic E-state index is -0.970. The third-order valence-electron chi connectivity index (χ3n) is 1.46. The van der Waals surface area contributed by atoms with E-state index in [9.17, 15) is 4.79 Å². The molecule has 13 heavy (non-hydrogen) atoms. The van der Waals surface area contributed by atoms with Crippen molar-refractivity contribution in [2.45, 2.75) is 19.5 Å². The van der Waals surface area contributed by atoms with E-state index in [1.165, 1.54) is 10.9 Å². The lowest BCUT2D eigenvalue weighted by Crippen LogP contribution is -2.25. The number of carboxylic acid groups (broad SMARTS) is 1. The lowest BCUT2D eigenvalue weighted by atomic mass is 10.3. The van der Waals surface area contributed by atoms with Crippen LogP contribution in [0, 0.1) is 3.57 Å². The largest absolute Gasteiger partial charge is 0.476 e. The molecule has 0 aromatic carbocycles. The summed E-state index contributed by atoms with van der Waals surface area (Å²) in [5.74, 6) is -0.970. The molecule has 1 rings (SSSR count). The van der Waals surface area contributed by atoms with Crippen molar-refractivity contribution in [2.24, 2.45) is 5.73 Å². The number of carboxylic acids is 1. The van der Waals surface area contributed by atoms with E-state index in [0.717, 1.165) is 0 Å². The predicted octanol–water partition coefficient (Wildman–Crippen LogP) is 0.533. The van der Waals surface area contributed by atoms with Gasteiger partial charge in [0.15, 0.2) is 5.69 Å². The van der Waals surface area contributed by atoms with E-state index < -0.39 is 5.97 Å². The first-order chi connectivity index (χ1) is 6.02. The molecular formula is C7H10IN3O2. The summed E-state index contributed by atoms with van der Waals surface area (Å²) in [6, 6.07) is -0.103. The van der Waals surface area contributed by atoms with Crippen LogP contribution in [0.25, 0.3) is 0 Å². The zero-order valence-electron chi connectivity index (χ0n) is 7.07. The minimum absolute atomic E-state index is 0.103. The van der Waals surface area contributed by atoms with Crippen LogP contribution in [0.15, 0.2) is 6.20 Å². The summed E-state index contributed by atoms with van der Waals surface area (Å²) < 4.78 is 2.04.